The molecule has 0 saturated carbocycles. The van der Waals surface area contributed by atoms with Crippen molar-refractivity contribution in [1.29, 1.82) is 5.26 Å². The van der Waals surface area contributed by atoms with Crippen LogP contribution >= 0.6 is 27.7 Å². The van der Waals surface area contributed by atoms with Crippen molar-refractivity contribution in [2.24, 2.45) is 0 Å². The molecular weight excluding hydrogens is 549 g/mol. The van der Waals surface area contributed by atoms with Crippen LogP contribution in [0.15, 0.2) is 76.1 Å². The van der Waals surface area contributed by atoms with Gasteiger partial charge in [0.2, 0.25) is 5.91 Å². The van der Waals surface area contributed by atoms with Gasteiger partial charge in [-0.3, -0.25) is 19.3 Å². The van der Waals surface area contributed by atoms with E-state index >= 15 is 0 Å². The van der Waals surface area contributed by atoms with Gasteiger partial charge in [0.25, 0.3) is 11.1 Å². The topological polar surface area (TPSA) is 99.5 Å². The lowest BCUT2D eigenvalue weighted by Crippen LogP contribution is -2.36. The molecule has 0 atom stereocenters. The first-order chi connectivity index (χ1) is 17.3. The number of thioether (sulfide) groups is 1. The fourth-order valence-electron chi connectivity index (χ4n) is 3.33. The van der Waals surface area contributed by atoms with Crippen molar-refractivity contribution in [2.45, 2.75) is 6.61 Å². The third kappa shape index (κ3) is 6.00. The molecule has 3 amide bonds. The van der Waals surface area contributed by atoms with Gasteiger partial charge in [-0.25, -0.2) is 4.39 Å². The largest absolute Gasteiger partial charge is 0.488 e. The number of nitrogens with one attached hydrogen (secondary N) is 1. The van der Waals surface area contributed by atoms with E-state index in [1.165, 1.54) is 30.3 Å². The van der Waals surface area contributed by atoms with Crippen LogP contribution in [0.1, 0.15) is 16.7 Å². The number of carbonyl (C=O) groups excluding carboxylic acids is 3. The Morgan fingerprint density at radius 1 is 1.14 bits per heavy atom. The van der Waals surface area contributed by atoms with E-state index < -0.39 is 29.4 Å². The van der Waals surface area contributed by atoms with Crippen molar-refractivity contribution in [3.05, 3.63) is 98.6 Å². The van der Waals surface area contributed by atoms with Gasteiger partial charge < -0.3 is 10.1 Å². The predicted octanol–water partition coefficient (Wildman–Crippen LogP) is 5.71. The molecule has 3 aromatic rings. The number of carbonyl (C=O) groups is 3. The number of hydrogen-bond acceptors (Lipinski definition) is 6. The molecule has 1 fully saturated rings. The third-order valence-electron chi connectivity index (χ3n) is 5.08. The van der Waals surface area contributed by atoms with Crippen molar-refractivity contribution in [2.75, 3.05) is 11.9 Å². The highest BCUT2D eigenvalue weighted by molar-refractivity contribution is 9.10. The van der Waals surface area contributed by atoms with E-state index in [2.05, 4.69) is 27.3 Å². The van der Waals surface area contributed by atoms with Crippen molar-refractivity contribution < 1.29 is 23.5 Å². The minimum atomic E-state index is -0.611. The quantitative estimate of drug-likeness (QED) is 0.368. The smallest absolute Gasteiger partial charge is 0.294 e. The molecule has 1 N–H and O–H groups in total. The third-order valence-corrected chi connectivity index (χ3v) is 6.48. The van der Waals surface area contributed by atoms with Crippen LogP contribution in [0.25, 0.3) is 6.08 Å². The zero-order chi connectivity index (χ0) is 25.7. The van der Waals surface area contributed by atoms with Crippen molar-refractivity contribution >= 4 is 56.5 Å². The Labute approximate surface area is 218 Å². The molecule has 0 aromatic heterocycles. The fourth-order valence-corrected chi connectivity index (χ4v) is 4.54. The molecule has 0 bridgehead atoms. The average molecular weight is 566 g/mol. The molecule has 36 heavy (non-hydrogen) atoms. The standard InChI is InChI=1S/C26H17BrFN3O4S/c27-19-5-10-22(35-15-17-4-2-1-3-16(17)13-29)18(11-19)12-23-25(33)31(26(34)36-23)14-24(32)30-21-8-6-20(28)7-9-21/h1-12H,14-15H2,(H,30,32)/b23-12-. The Morgan fingerprint density at radius 2 is 1.89 bits per heavy atom. The van der Waals surface area contributed by atoms with Gasteiger partial charge in [-0.2, -0.15) is 5.26 Å². The molecule has 1 aliphatic heterocycles. The predicted molar refractivity (Wildman–Crippen MR) is 137 cm³/mol. The summed E-state index contributed by atoms with van der Waals surface area (Å²) in [4.78, 5) is 38.7. The van der Waals surface area contributed by atoms with Gasteiger partial charge >= 0.3 is 0 Å². The first-order valence-corrected chi connectivity index (χ1v) is 12.2. The number of rotatable bonds is 7. The summed E-state index contributed by atoms with van der Waals surface area (Å²) in [7, 11) is 0. The van der Waals surface area contributed by atoms with Crippen molar-refractivity contribution in [3.8, 4) is 11.8 Å². The maximum Gasteiger partial charge on any atom is 0.294 e. The van der Waals surface area contributed by atoms with Crippen LogP contribution in [0, 0.1) is 17.1 Å². The molecule has 1 saturated heterocycles. The summed E-state index contributed by atoms with van der Waals surface area (Å²) >= 11 is 4.12. The second kappa shape index (κ2) is 11.2. The Hall–Kier alpha value is -3.94. The summed E-state index contributed by atoms with van der Waals surface area (Å²) in [5.74, 6) is -1.20. The summed E-state index contributed by atoms with van der Waals surface area (Å²) in [6.07, 6.45) is 1.53. The molecule has 1 aliphatic rings. The van der Waals surface area contributed by atoms with Crippen molar-refractivity contribution in [1.82, 2.24) is 4.90 Å². The molecule has 0 aliphatic carbocycles. The van der Waals surface area contributed by atoms with Gasteiger partial charge in [0.1, 0.15) is 24.7 Å². The first kappa shape index (κ1) is 25.2. The minimum Gasteiger partial charge on any atom is -0.488 e. The minimum absolute atomic E-state index is 0.134. The normalized spacial score (nSPS) is 14.1. The van der Waals surface area contributed by atoms with E-state index in [1.807, 2.05) is 6.07 Å². The van der Waals surface area contributed by atoms with Crippen LogP contribution in [0.3, 0.4) is 0 Å². The summed E-state index contributed by atoms with van der Waals surface area (Å²) < 4.78 is 19.7. The van der Waals surface area contributed by atoms with E-state index in [0.29, 0.717) is 28.1 Å². The number of amides is 3. The van der Waals surface area contributed by atoms with Gasteiger partial charge in [0.05, 0.1) is 16.5 Å². The van der Waals surface area contributed by atoms with E-state index in [0.717, 1.165) is 21.1 Å². The van der Waals surface area contributed by atoms with Crippen LogP contribution in [0.4, 0.5) is 14.9 Å². The number of nitrogens with zero attached hydrogens (tertiary/aromatic N) is 2. The maximum atomic E-state index is 13.1. The number of ether oxygens (including phenoxy) is 1. The van der Waals surface area contributed by atoms with Crippen LogP contribution in [-0.2, 0) is 16.2 Å². The Kier molecular flexibility index (Phi) is 7.83. The molecule has 7 nitrogen and oxygen atoms in total. The van der Waals surface area contributed by atoms with Crippen molar-refractivity contribution in [3.63, 3.8) is 0 Å². The van der Waals surface area contributed by atoms with E-state index in [1.54, 1.807) is 36.4 Å². The van der Waals surface area contributed by atoms with Gasteiger partial charge in [-0.15, -0.1) is 0 Å². The van der Waals surface area contributed by atoms with E-state index in [-0.39, 0.29) is 11.5 Å². The Bertz CT molecular complexity index is 1420. The summed E-state index contributed by atoms with van der Waals surface area (Å²) in [6, 6.07) is 19.6. The summed E-state index contributed by atoms with van der Waals surface area (Å²) in [6.45, 7) is -0.344. The molecule has 3 aromatic carbocycles. The SMILES string of the molecule is N#Cc1ccccc1COc1ccc(Br)cc1/C=C1\SC(=O)N(CC(=O)Nc2ccc(F)cc2)C1=O. The summed E-state index contributed by atoms with van der Waals surface area (Å²) in [5, 5.41) is 11.2. The highest BCUT2D eigenvalue weighted by atomic mass is 79.9. The molecule has 0 unspecified atom stereocenters. The van der Waals surface area contributed by atoms with Crippen LogP contribution in [0.2, 0.25) is 0 Å². The zero-order valence-corrected chi connectivity index (χ0v) is 20.9. The number of anilines is 1. The molecule has 0 spiro atoms. The lowest BCUT2D eigenvalue weighted by molar-refractivity contribution is -0.127. The first-order valence-electron chi connectivity index (χ1n) is 10.5. The molecule has 4 rings (SSSR count). The molecule has 1 heterocycles. The lowest BCUT2D eigenvalue weighted by atomic mass is 10.1. The maximum absolute atomic E-state index is 13.1. The highest BCUT2D eigenvalue weighted by Gasteiger charge is 2.36. The Balaban J connectivity index is 1.49. The average Bonchev–Trinajstić information content (AvgIpc) is 3.12. The van der Waals surface area contributed by atoms with Gasteiger partial charge in [-0.1, -0.05) is 34.1 Å². The van der Waals surface area contributed by atoms with Crippen LogP contribution in [-0.4, -0.2) is 28.5 Å². The molecule has 10 heteroatoms. The molecule has 0 radical (unpaired) electrons. The van der Waals surface area contributed by atoms with Gasteiger partial charge in [-0.05, 0) is 66.4 Å². The highest BCUT2D eigenvalue weighted by Crippen LogP contribution is 2.35. The van der Waals surface area contributed by atoms with E-state index in [4.69, 9.17) is 4.74 Å². The van der Waals surface area contributed by atoms with Crippen LogP contribution < -0.4 is 10.1 Å². The molecular formula is C26H17BrFN3O4S. The zero-order valence-electron chi connectivity index (χ0n) is 18.5. The van der Waals surface area contributed by atoms with E-state index in [9.17, 15) is 24.0 Å². The fraction of sp³-hybridized carbons (Fsp3) is 0.0769. The van der Waals surface area contributed by atoms with Gasteiger partial charge in [0.15, 0.2) is 0 Å². The number of hydrogen-bond donors (Lipinski definition) is 1. The number of imide groups is 1. The van der Waals surface area contributed by atoms with Gasteiger partial charge in [0, 0.05) is 21.3 Å². The number of halogens is 2. The summed E-state index contributed by atoms with van der Waals surface area (Å²) in [5.41, 5.74) is 2.09. The Morgan fingerprint density at radius 3 is 2.64 bits per heavy atom. The lowest BCUT2D eigenvalue weighted by Gasteiger charge is -2.13. The second-order valence-corrected chi connectivity index (χ2v) is 9.47. The number of benzene rings is 3. The monoisotopic (exact) mass is 565 g/mol. The van der Waals surface area contributed by atoms with Crippen LogP contribution in [0.5, 0.6) is 5.75 Å². The molecule has 180 valence electrons. The second-order valence-electron chi connectivity index (χ2n) is 7.56. The number of nitriles is 1.